The van der Waals surface area contributed by atoms with Crippen LogP contribution in [-0.4, -0.2) is 47.6 Å². The number of nitrogens with one attached hydrogen (secondary N) is 1. The Hall–Kier alpha value is -2.84. The molecule has 0 aliphatic carbocycles. The molecule has 2 aromatic rings. The fourth-order valence-corrected chi connectivity index (χ4v) is 3.39. The average Bonchev–Trinajstić information content (AvgIpc) is 2.90. The predicted molar refractivity (Wildman–Crippen MR) is 129 cm³/mol. The molecule has 0 aromatic heterocycles. The van der Waals surface area contributed by atoms with Crippen molar-refractivity contribution in [3.63, 3.8) is 0 Å². The third-order valence-corrected chi connectivity index (χ3v) is 5.86. The molecule has 2 N–H and O–H groups in total. The molecule has 0 radical (unpaired) electrons. The van der Waals surface area contributed by atoms with Gasteiger partial charge in [0.05, 0.1) is 16.8 Å². The van der Waals surface area contributed by atoms with Crippen LogP contribution in [0.4, 0.5) is 4.79 Å². The van der Waals surface area contributed by atoms with Crippen molar-refractivity contribution in [2.45, 2.75) is 65.3 Å². The van der Waals surface area contributed by atoms with E-state index in [1.165, 1.54) is 0 Å². The summed E-state index contributed by atoms with van der Waals surface area (Å²) in [6.45, 7) is 13.5. The minimum Gasteiger partial charge on any atom is -0.478 e. The zero-order valence-electron chi connectivity index (χ0n) is 20.3. The number of aromatic carboxylic acids is 1. The molecule has 0 spiro atoms. The van der Waals surface area contributed by atoms with Gasteiger partial charge in [0.2, 0.25) is 0 Å². The van der Waals surface area contributed by atoms with Gasteiger partial charge >= 0.3 is 19.2 Å². The van der Waals surface area contributed by atoms with Crippen molar-refractivity contribution in [1.82, 2.24) is 5.32 Å². The van der Waals surface area contributed by atoms with Crippen LogP contribution in [0.1, 0.15) is 64.4 Å². The standard InChI is InChI=1S/C25H32BNO6/c1-23(2,3)31-22(30)27-15-20(26-32-24(4,5)25(6,7)33-26)13-16-8-9-18-14-19(21(28)29)11-10-17(18)12-16/h8-14H,15H2,1-7H3,(H,27,30)(H,28,29). The Balaban J connectivity index is 1.91. The maximum Gasteiger partial charge on any atom is 0.492 e. The summed E-state index contributed by atoms with van der Waals surface area (Å²) in [5.41, 5.74) is 0.192. The monoisotopic (exact) mass is 453 g/mol. The van der Waals surface area contributed by atoms with Gasteiger partial charge in [-0.25, -0.2) is 9.59 Å². The van der Waals surface area contributed by atoms with Crippen molar-refractivity contribution in [2.75, 3.05) is 6.54 Å². The second-order valence-corrected chi connectivity index (χ2v) is 10.3. The number of benzene rings is 2. The molecule has 0 saturated carbocycles. The maximum absolute atomic E-state index is 12.3. The third-order valence-electron chi connectivity index (χ3n) is 5.86. The molecule has 1 aliphatic heterocycles. The fraction of sp³-hybridized carbons (Fsp3) is 0.440. The summed E-state index contributed by atoms with van der Waals surface area (Å²) in [4.78, 5) is 23.5. The normalized spacial score (nSPS) is 17.8. The van der Waals surface area contributed by atoms with Gasteiger partial charge in [-0.3, -0.25) is 0 Å². The molecule has 1 aliphatic rings. The number of alkyl carbamates (subject to hydrolysis) is 1. The topological polar surface area (TPSA) is 94.1 Å². The number of carboxylic acids is 1. The number of fused-ring (bicyclic) bond motifs is 1. The van der Waals surface area contributed by atoms with Crippen LogP contribution in [0, 0.1) is 0 Å². The SMILES string of the molecule is CC(C)(C)OC(=O)NCC(=Cc1ccc2cc(C(=O)O)ccc2c1)B1OC(C)(C)C(C)(C)O1. The van der Waals surface area contributed by atoms with E-state index in [4.69, 9.17) is 14.0 Å². The lowest BCUT2D eigenvalue weighted by atomic mass is 9.77. The number of hydrogen-bond acceptors (Lipinski definition) is 5. The van der Waals surface area contributed by atoms with Gasteiger partial charge < -0.3 is 24.5 Å². The van der Waals surface area contributed by atoms with Gasteiger partial charge in [0.1, 0.15) is 5.60 Å². The van der Waals surface area contributed by atoms with E-state index in [0.29, 0.717) is 0 Å². The van der Waals surface area contributed by atoms with E-state index in [1.807, 2.05) is 72.7 Å². The average molecular weight is 453 g/mol. The maximum atomic E-state index is 12.3. The predicted octanol–water partition coefficient (Wildman–Crippen LogP) is 5.08. The zero-order valence-corrected chi connectivity index (χ0v) is 20.3. The van der Waals surface area contributed by atoms with Crippen molar-refractivity contribution in [3.8, 4) is 0 Å². The molecular weight excluding hydrogens is 421 g/mol. The first-order valence-electron chi connectivity index (χ1n) is 11.0. The Morgan fingerprint density at radius 2 is 1.61 bits per heavy atom. The Morgan fingerprint density at radius 3 is 2.18 bits per heavy atom. The Bertz CT molecular complexity index is 1080. The van der Waals surface area contributed by atoms with E-state index < -0.39 is 36.0 Å². The Morgan fingerprint density at radius 1 is 1.03 bits per heavy atom. The molecule has 0 bridgehead atoms. The third kappa shape index (κ3) is 5.95. The highest BCUT2D eigenvalue weighted by Gasteiger charge is 2.52. The highest BCUT2D eigenvalue weighted by Crippen LogP contribution is 2.38. The van der Waals surface area contributed by atoms with Gasteiger partial charge in [-0.15, -0.1) is 0 Å². The number of hydrogen-bond donors (Lipinski definition) is 2. The molecular formula is C25H32BNO6. The second-order valence-electron chi connectivity index (χ2n) is 10.3. The molecule has 0 atom stereocenters. The fourth-order valence-electron chi connectivity index (χ4n) is 3.39. The number of ether oxygens (including phenoxy) is 1. The molecule has 1 fully saturated rings. The molecule has 2 aromatic carbocycles. The molecule has 8 heteroatoms. The van der Waals surface area contributed by atoms with Crippen molar-refractivity contribution < 1.29 is 28.7 Å². The summed E-state index contributed by atoms with van der Waals surface area (Å²) in [6.07, 6.45) is 1.40. The molecule has 3 rings (SSSR count). The smallest absolute Gasteiger partial charge is 0.478 e. The molecule has 33 heavy (non-hydrogen) atoms. The first-order chi connectivity index (χ1) is 15.2. The lowest BCUT2D eigenvalue weighted by Crippen LogP contribution is -2.41. The summed E-state index contributed by atoms with van der Waals surface area (Å²) >= 11 is 0. The van der Waals surface area contributed by atoms with E-state index >= 15 is 0 Å². The number of rotatable bonds is 5. The molecule has 7 nitrogen and oxygen atoms in total. The van der Waals surface area contributed by atoms with E-state index in [9.17, 15) is 14.7 Å². The number of amides is 1. The number of carbonyl (C=O) groups is 2. The van der Waals surface area contributed by atoms with Crippen LogP contribution in [0.2, 0.25) is 0 Å². The number of carbonyl (C=O) groups excluding carboxylic acids is 1. The van der Waals surface area contributed by atoms with Crippen LogP contribution in [-0.2, 0) is 14.0 Å². The lowest BCUT2D eigenvalue weighted by Gasteiger charge is -2.32. The van der Waals surface area contributed by atoms with Crippen LogP contribution < -0.4 is 5.32 Å². The van der Waals surface area contributed by atoms with Crippen LogP contribution in [0.15, 0.2) is 41.9 Å². The summed E-state index contributed by atoms with van der Waals surface area (Å²) in [7, 11) is -0.643. The van der Waals surface area contributed by atoms with Gasteiger partial charge in [-0.05, 0) is 88.5 Å². The minimum atomic E-state index is -0.961. The quantitative estimate of drug-likeness (QED) is 0.614. The van der Waals surface area contributed by atoms with E-state index in [1.54, 1.807) is 18.2 Å². The van der Waals surface area contributed by atoms with E-state index in [2.05, 4.69) is 5.32 Å². The van der Waals surface area contributed by atoms with Crippen LogP contribution in [0.5, 0.6) is 0 Å². The van der Waals surface area contributed by atoms with Gasteiger partial charge in [0.15, 0.2) is 0 Å². The molecule has 1 amide bonds. The van der Waals surface area contributed by atoms with Gasteiger partial charge in [-0.2, -0.15) is 0 Å². The van der Waals surface area contributed by atoms with Gasteiger partial charge in [0.25, 0.3) is 0 Å². The largest absolute Gasteiger partial charge is 0.492 e. The van der Waals surface area contributed by atoms with E-state index in [0.717, 1.165) is 21.8 Å². The van der Waals surface area contributed by atoms with Crippen LogP contribution in [0.3, 0.4) is 0 Å². The second kappa shape index (κ2) is 8.84. The van der Waals surface area contributed by atoms with Crippen LogP contribution >= 0.6 is 0 Å². The van der Waals surface area contributed by atoms with Crippen molar-refractivity contribution in [1.29, 1.82) is 0 Å². The number of carboxylic acid groups (broad SMARTS) is 1. The van der Waals surface area contributed by atoms with Crippen molar-refractivity contribution >= 4 is 36.0 Å². The minimum absolute atomic E-state index is 0.182. The first kappa shape index (κ1) is 24.8. The Labute approximate surface area is 195 Å². The van der Waals surface area contributed by atoms with Gasteiger partial charge in [0, 0.05) is 6.54 Å². The molecule has 176 valence electrons. The molecule has 1 saturated heterocycles. The zero-order chi connectivity index (χ0) is 24.6. The van der Waals surface area contributed by atoms with Gasteiger partial charge in [-0.1, -0.05) is 24.3 Å². The highest BCUT2D eigenvalue weighted by atomic mass is 16.7. The lowest BCUT2D eigenvalue weighted by molar-refractivity contribution is 0.00578. The molecule has 0 unspecified atom stereocenters. The summed E-state index contributed by atoms with van der Waals surface area (Å²) < 4.78 is 17.8. The van der Waals surface area contributed by atoms with Crippen molar-refractivity contribution in [3.05, 3.63) is 53.0 Å². The Kier molecular flexibility index (Phi) is 6.64. The van der Waals surface area contributed by atoms with Crippen LogP contribution in [0.25, 0.3) is 16.8 Å². The first-order valence-corrected chi connectivity index (χ1v) is 11.0. The summed E-state index contributed by atoms with van der Waals surface area (Å²) in [6, 6.07) is 10.7. The van der Waals surface area contributed by atoms with Crippen molar-refractivity contribution in [2.24, 2.45) is 0 Å². The highest BCUT2D eigenvalue weighted by molar-refractivity contribution is 6.56. The molecule has 1 heterocycles. The summed E-state index contributed by atoms with van der Waals surface area (Å²) in [5.74, 6) is -0.961. The summed E-state index contributed by atoms with van der Waals surface area (Å²) in [5, 5.41) is 13.7. The van der Waals surface area contributed by atoms with E-state index in [-0.39, 0.29) is 12.1 Å².